The van der Waals surface area contributed by atoms with Crippen LogP contribution in [0.4, 0.5) is 0 Å². The smallest absolute Gasteiger partial charge is 0.251 e. The van der Waals surface area contributed by atoms with Gasteiger partial charge in [0.2, 0.25) is 10.0 Å². The van der Waals surface area contributed by atoms with Gasteiger partial charge in [-0.2, -0.15) is 4.31 Å². The molecule has 0 radical (unpaired) electrons. The maximum Gasteiger partial charge on any atom is 0.251 e. The van der Waals surface area contributed by atoms with Crippen molar-refractivity contribution in [3.63, 3.8) is 0 Å². The summed E-state index contributed by atoms with van der Waals surface area (Å²) in [5, 5.41) is 0. The molecule has 1 atom stereocenters. The van der Waals surface area contributed by atoms with Crippen LogP contribution >= 0.6 is 0 Å². The number of sulfonamides is 1. The Morgan fingerprint density at radius 2 is 1.92 bits per heavy atom. The van der Waals surface area contributed by atoms with Gasteiger partial charge in [-0.15, -0.1) is 6.58 Å². The molecule has 1 fully saturated rings. The molecule has 0 saturated carbocycles. The van der Waals surface area contributed by atoms with Gasteiger partial charge in [0.15, 0.2) is 0 Å². The van der Waals surface area contributed by atoms with Crippen molar-refractivity contribution in [2.75, 3.05) is 32.8 Å². The Hall–Kier alpha value is -1.70. The molecule has 1 unspecified atom stereocenters. The van der Waals surface area contributed by atoms with Crippen LogP contribution in [0, 0.1) is 13.8 Å². The number of amides is 1. The fourth-order valence-electron chi connectivity index (χ4n) is 2.93. The number of rotatable bonds is 7. The van der Waals surface area contributed by atoms with Gasteiger partial charge < -0.3 is 9.64 Å². The second-order valence-corrected chi connectivity index (χ2v) is 8.50. The second-order valence-electron chi connectivity index (χ2n) is 6.59. The van der Waals surface area contributed by atoms with Crippen LogP contribution < -0.4 is 0 Å². The van der Waals surface area contributed by atoms with E-state index in [9.17, 15) is 13.2 Å². The van der Waals surface area contributed by atoms with Gasteiger partial charge in [-0.3, -0.25) is 4.79 Å². The topological polar surface area (TPSA) is 66.9 Å². The SMILES string of the molecule is C=CCCOC(C)C(=O)N1CCN(S(=O)(=O)c2cc(C)ccc2C)CC1. The minimum Gasteiger partial charge on any atom is -0.368 e. The van der Waals surface area contributed by atoms with Crippen LogP contribution in [0.3, 0.4) is 0 Å². The normalized spacial score (nSPS) is 17.1. The molecular formula is C19H28N2O4S. The summed E-state index contributed by atoms with van der Waals surface area (Å²) in [5.41, 5.74) is 1.65. The van der Waals surface area contributed by atoms with Gasteiger partial charge in [-0.1, -0.05) is 18.2 Å². The van der Waals surface area contributed by atoms with E-state index in [2.05, 4.69) is 6.58 Å². The van der Waals surface area contributed by atoms with Gasteiger partial charge in [-0.25, -0.2) is 8.42 Å². The zero-order valence-corrected chi connectivity index (χ0v) is 16.6. The fraction of sp³-hybridized carbons (Fsp3) is 0.526. The summed E-state index contributed by atoms with van der Waals surface area (Å²) < 4.78 is 32.8. The number of ether oxygens (including phenoxy) is 1. The van der Waals surface area contributed by atoms with E-state index in [-0.39, 0.29) is 5.91 Å². The van der Waals surface area contributed by atoms with Crippen molar-refractivity contribution < 1.29 is 17.9 Å². The number of carbonyl (C=O) groups is 1. The van der Waals surface area contributed by atoms with E-state index in [1.54, 1.807) is 30.9 Å². The van der Waals surface area contributed by atoms with Crippen LogP contribution in [0.2, 0.25) is 0 Å². The number of carbonyl (C=O) groups excluding carboxylic acids is 1. The summed E-state index contributed by atoms with van der Waals surface area (Å²) in [6.45, 7) is 10.8. The molecule has 1 aromatic rings. The number of hydrogen-bond donors (Lipinski definition) is 0. The molecule has 1 aliphatic rings. The highest BCUT2D eigenvalue weighted by Crippen LogP contribution is 2.22. The molecule has 2 rings (SSSR count). The Labute approximate surface area is 156 Å². The third kappa shape index (κ3) is 4.72. The zero-order chi connectivity index (χ0) is 19.3. The first-order chi connectivity index (χ1) is 12.3. The Balaban J connectivity index is 2.00. The van der Waals surface area contributed by atoms with Crippen LogP contribution in [-0.2, 0) is 19.6 Å². The number of hydrogen-bond acceptors (Lipinski definition) is 4. The molecule has 7 heteroatoms. The molecule has 26 heavy (non-hydrogen) atoms. The average molecular weight is 381 g/mol. The van der Waals surface area contributed by atoms with Gasteiger partial charge in [0.05, 0.1) is 11.5 Å². The quantitative estimate of drug-likeness (QED) is 0.537. The average Bonchev–Trinajstić information content (AvgIpc) is 2.63. The first kappa shape index (κ1) is 20.6. The lowest BCUT2D eigenvalue weighted by Gasteiger charge is -2.35. The standard InChI is InChI=1S/C19H28N2O4S/c1-5-6-13-25-17(4)19(22)20-9-11-21(12-10-20)26(23,24)18-14-15(2)7-8-16(18)3/h5,7-8,14,17H,1,6,9-13H2,2-4H3. The molecule has 144 valence electrons. The highest BCUT2D eigenvalue weighted by molar-refractivity contribution is 7.89. The minimum absolute atomic E-state index is 0.0992. The van der Waals surface area contributed by atoms with Crippen molar-refractivity contribution in [3.05, 3.63) is 42.0 Å². The van der Waals surface area contributed by atoms with Crippen LogP contribution in [-0.4, -0.2) is 62.4 Å². The largest absolute Gasteiger partial charge is 0.368 e. The Bertz CT molecular complexity index is 753. The number of aryl methyl sites for hydroxylation is 2. The van der Waals surface area contributed by atoms with Crippen molar-refractivity contribution in [2.45, 2.75) is 38.2 Å². The summed E-state index contributed by atoms with van der Waals surface area (Å²) in [7, 11) is -3.55. The predicted octanol–water partition coefficient (Wildman–Crippen LogP) is 2.12. The highest BCUT2D eigenvalue weighted by atomic mass is 32.2. The first-order valence-electron chi connectivity index (χ1n) is 8.86. The summed E-state index contributed by atoms with van der Waals surface area (Å²) in [6.07, 6.45) is 1.91. The Morgan fingerprint density at radius 1 is 1.27 bits per heavy atom. The molecule has 1 saturated heterocycles. The number of nitrogens with zero attached hydrogens (tertiary/aromatic N) is 2. The Morgan fingerprint density at radius 3 is 2.54 bits per heavy atom. The summed E-state index contributed by atoms with van der Waals surface area (Å²) >= 11 is 0. The first-order valence-corrected chi connectivity index (χ1v) is 10.3. The summed E-state index contributed by atoms with van der Waals surface area (Å²) in [4.78, 5) is 14.4. The fourth-order valence-corrected chi connectivity index (χ4v) is 4.66. The maximum absolute atomic E-state index is 12.9. The maximum atomic E-state index is 12.9. The lowest BCUT2D eigenvalue weighted by Crippen LogP contribution is -2.52. The lowest BCUT2D eigenvalue weighted by molar-refractivity contribution is -0.143. The molecule has 0 aromatic heterocycles. The van der Waals surface area contributed by atoms with Gasteiger partial charge in [0.25, 0.3) is 5.91 Å². The number of benzene rings is 1. The van der Waals surface area contributed by atoms with E-state index < -0.39 is 16.1 Å². The van der Waals surface area contributed by atoms with Crippen LogP contribution in [0.15, 0.2) is 35.7 Å². The monoisotopic (exact) mass is 380 g/mol. The molecule has 0 N–H and O–H groups in total. The molecule has 0 spiro atoms. The van der Waals surface area contributed by atoms with Crippen LogP contribution in [0.1, 0.15) is 24.5 Å². The molecule has 0 aliphatic carbocycles. The molecular weight excluding hydrogens is 352 g/mol. The van der Waals surface area contributed by atoms with E-state index in [0.717, 1.165) is 11.1 Å². The summed E-state index contributed by atoms with van der Waals surface area (Å²) in [6, 6.07) is 5.43. The minimum atomic E-state index is -3.55. The van der Waals surface area contributed by atoms with E-state index in [4.69, 9.17) is 4.74 Å². The van der Waals surface area contributed by atoms with Crippen molar-refractivity contribution in [3.8, 4) is 0 Å². The van der Waals surface area contributed by atoms with Crippen LogP contribution in [0.5, 0.6) is 0 Å². The van der Waals surface area contributed by atoms with E-state index in [0.29, 0.717) is 44.1 Å². The van der Waals surface area contributed by atoms with Gasteiger partial charge in [0.1, 0.15) is 6.10 Å². The molecule has 1 aromatic carbocycles. The van der Waals surface area contributed by atoms with E-state index in [1.165, 1.54) is 4.31 Å². The van der Waals surface area contributed by atoms with E-state index >= 15 is 0 Å². The molecule has 1 heterocycles. The molecule has 0 bridgehead atoms. The van der Waals surface area contributed by atoms with Crippen molar-refractivity contribution >= 4 is 15.9 Å². The molecule has 1 aliphatic heterocycles. The van der Waals surface area contributed by atoms with Crippen molar-refractivity contribution in [1.82, 2.24) is 9.21 Å². The van der Waals surface area contributed by atoms with Gasteiger partial charge in [0, 0.05) is 26.2 Å². The lowest BCUT2D eigenvalue weighted by atomic mass is 10.2. The predicted molar refractivity (Wildman–Crippen MR) is 101 cm³/mol. The molecule has 6 nitrogen and oxygen atoms in total. The molecule has 1 amide bonds. The second kappa shape index (κ2) is 8.79. The number of piperazine rings is 1. The third-order valence-corrected chi connectivity index (χ3v) is 6.59. The third-order valence-electron chi connectivity index (χ3n) is 4.55. The van der Waals surface area contributed by atoms with Gasteiger partial charge >= 0.3 is 0 Å². The summed E-state index contributed by atoms with van der Waals surface area (Å²) in [5.74, 6) is -0.0992. The Kier molecular flexibility index (Phi) is 6.97. The zero-order valence-electron chi connectivity index (χ0n) is 15.8. The highest BCUT2D eigenvalue weighted by Gasteiger charge is 2.32. The van der Waals surface area contributed by atoms with E-state index in [1.807, 2.05) is 19.1 Å². The van der Waals surface area contributed by atoms with Crippen LogP contribution in [0.25, 0.3) is 0 Å². The van der Waals surface area contributed by atoms with Crippen molar-refractivity contribution in [2.24, 2.45) is 0 Å². The van der Waals surface area contributed by atoms with Crippen molar-refractivity contribution in [1.29, 1.82) is 0 Å². The van der Waals surface area contributed by atoms with Gasteiger partial charge in [-0.05, 0) is 44.4 Å².